The van der Waals surface area contributed by atoms with Gasteiger partial charge in [0.2, 0.25) is 0 Å². The molecule has 1 aromatic heterocycles. The van der Waals surface area contributed by atoms with Gasteiger partial charge < -0.3 is 10.4 Å². The molecule has 0 aliphatic carbocycles. The minimum absolute atomic E-state index is 0.0554. The summed E-state index contributed by atoms with van der Waals surface area (Å²) in [6, 6.07) is 6.54. The van der Waals surface area contributed by atoms with Gasteiger partial charge in [-0.2, -0.15) is 0 Å². The van der Waals surface area contributed by atoms with E-state index < -0.39 is 21.9 Å². The first-order chi connectivity index (χ1) is 15.6. The fourth-order valence-electron chi connectivity index (χ4n) is 3.30. The molecule has 0 aliphatic rings. The summed E-state index contributed by atoms with van der Waals surface area (Å²) < 4.78 is 27.2. The third kappa shape index (κ3) is 7.11. The number of carbonyl (C=O) groups excluding carboxylic acids is 2. The summed E-state index contributed by atoms with van der Waals surface area (Å²) in [5.74, 6) is -2.29. The van der Waals surface area contributed by atoms with Gasteiger partial charge in [0.25, 0.3) is 21.8 Å². The van der Waals surface area contributed by atoms with Gasteiger partial charge in [-0.15, -0.1) is 0 Å². The average molecular weight is 476 g/mol. The van der Waals surface area contributed by atoms with Gasteiger partial charge in [0.1, 0.15) is 0 Å². The number of carboxylic acid groups (broad SMARTS) is 1. The molecule has 1 unspecified atom stereocenters. The minimum Gasteiger partial charge on any atom is -0.477 e. The fraction of sp³-hybridized carbons (Fsp3) is 0.391. The quantitative estimate of drug-likeness (QED) is 0.453. The number of rotatable bonds is 11. The number of pyridine rings is 1. The maximum Gasteiger partial charge on any atom is 0.354 e. The zero-order valence-corrected chi connectivity index (χ0v) is 19.7. The van der Waals surface area contributed by atoms with Crippen LogP contribution >= 0.6 is 0 Å². The molecule has 0 spiro atoms. The Labute approximate surface area is 193 Å². The van der Waals surface area contributed by atoms with Crippen molar-refractivity contribution in [3.8, 4) is 0 Å². The summed E-state index contributed by atoms with van der Waals surface area (Å²) in [4.78, 5) is 39.7. The first-order valence-corrected chi connectivity index (χ1v) is 12.2. The van der Waals surface area contributed by atoms with E-state index in [1.165, 1.54) is 30.3 Å². The van der Waals surface area contributed by atoms with E-state index in [9.17, 15) is 27.9 Å². The Kier molecular flexibility index (Phi) is 9.10. The molecular weight excluding hydrogens is 446 g/mol. The first kappa shape index (κ1) is 26.0. The van der Waals surface area contributed by atoms with E-state index >= 15 is 0 Å². The molecule has 9 nitrogen and oxygen atoms in total. The van der Waals surface area contributed by atoms with Gasteiger partial charge in [-0.1, -0.05) is 33.1 Å². The summed E-state index contributed by atoms with van der Waals surface area (Å²) in [5, 5.41) is 12.0. The number of nitrogens with one attached hydrogen (secondary N) is 2. The van der Waals surface area contributed by atoms with E-state index in [1.54, 1.807) is 6.92 Å². The Bertz CT molecular complexity index is 1110. The molecule has 2 rings (SSSR count). The largest absolute Gasteiger partial charge is 0.477 e. The Balaban J connectivity index is 2.23. The smallest absolute Gasteiger partial charge is 0.354 e. The first-order valence-electron chi connectivity index (χ1n) is 10.8. The van der Waals surface area contributed by atoms with Crippen LogP contribution in [0.4, 0.5) is 0 Å². The van der Waals surface area contributed by atoms with Crippen LogP contribution in [0.1, 0.15) is 76.8 Å². The highest BCUT2D eigenvalue weighted by molar-refractivity contribution is 7.90. The molecule has 178 valence electrons. The van der Waals surface area contributed by atoms with E-state index in [2.05, 4.69) is 17.2 Å². The number of hydrogen-bond acceptors (Lipinski definition) is 6. The molecule has 1 aromatic carbocycles. The van der Waals surface area contributed by atoms with Gasteiger partial charge in [-0.25, -0.2) is 22.9 Å². The molecule has 0 saturated carbocycles. The second-order valence-electron chi connectivity index (χ2n) is 7.81. The summed E-state index contributed by atoms with van der Waals surface area (Å²) in [6.45, 7) is 6.25. The van der Waals surface area contributed by atoms with Crippen LogP contribution in [-0.2, 0) is 16.4 Å². The van der Waals surface area contributed by atoms with Gasteiger partial charge in [0.05, 0.1) is 10.5 Å². The molecule has 2 aromatic rings. The zero-order valence-electron chi connectivity index (χ0n) is 18.9. The molecule has 1 heterocycles. The third-order valence-corrected chi connectivity index (χ3v) is 6.39. The predicted octanol–water partition coefficient (Wildman–Crippen LogP) is 3.02. The minimum atomic E-state index is -4.21. The van der Waals surface area contributed by atoms with Crippen LogP contribution in [0.25, 0.3) is 0 Å². The van der Waals surface area contributed by atoms with E-state index in [1.807, 2.05) is 11.6 Å². The van der Waals surface area contributed by atoms with Crippen LogP contribution in [0.2, 0.25) is 0 Å². The summed E-state index contributed by atoms with van der Waals surface area (Å²) in [5.41, 5.74) is 0.457. The third-order valence-electron chi connectivity index (χ3n) is 5.04. The summed E-state index contributed by atoms with van der Waals surface area (Å²) in [6.07, 6.45) is 4.36. The van der Waals surface area contributed by atoms with Gasteiger partial charge >= 0.3 is 5.97 Å². The predicted molar refractivity (Wildman–Crippen MR) is 123 cm³/mol. The standard InChI is InChI=1S/C23H29N3O6S/c1-4-6-7-15(3)12-17-13-18(14-25-20(17)23(29)30)22(28)26-33(31,32)19-10-8-16(9-11-19)21(27)24-5-2/h8-11,13-15H,4-7,12H2,1-3H3,(H,24,27)(H,26,28)(H,29,30). The lowest BCUT2D eigenvalue weighted by molar-refractivity contribution is 0.0687. The lowest BCUT2D eigenvalue weighted by atomic mass is 9.94. The van der Waals surface area contributed by atoms with Crippen molar-refractivity contribution in [1.82, 2.24) is 15.0 Å². The van der Waals surface area contributed by atoms with Crippen molar-refractivity contribution in [3.63, 3.8) is 0 Å². The maximum absolute atomic E-state index is 12.6. The maximum atomic E-state index is 12.6. The van der Waals surface area contributed by atoms with Crippen molar-refractivity contribution in [1.29, 1.82) is 0 Å². The number of carboxylic acids is 1. The average Bonchev–Trinajstić information content (AvgIpc) is 2.77. The molecule has 1 atom stereocenters. The van der Waals surface area contributed by atoms with Crippen molar-refractivity contribution in [3.05, 3.63) is 58.9 Å². The molecule has 3 N–H and O–H groups in total. The van der Waals surface area contributed by atoms with Crippen molar-refractivity contribution in [2.45, 2.75) is 51.3 Å². The Morgan fingerprint density at radius 3 is 2.30 bits per heavy atom. The molecular formula is C23H29N3O6S. The molecule has 0 saturated heterocycles. The van der Waals surface area contributed by atoms with E-state index in [0.29, 0.717) is 18.5 Å². The van der Waals surface area contributed by atoms with E-state index in [-0.39, 0.29) is 33.5 Å². The second-order valence-corrected chi connectivity index (χ2v) is 9.49. The van der Waals surface area contributed by atoms with Crippen molar-refractivity contribution < 1.29 is 27.9 Å². The van der Waals surface area contributed by atoms with E-state index in [0.717, 1.165) is 25.5 Å². The highest BCUT2D eigenvalue weighted by Crippen LogP contribution is 2.19. The van der Waals surface area contributed by atoms with Crippen molar-refractivity contribution in [2.24, 2.45) is 5.92 Å². The van der Waals surface area contributed by atoms with Crippen LogP contribution in [0.5, 0.6) is 0 Å². The van der Waals surface area contributed by atoms with Gasteiger partial charge in [-0.05, 0) is 55.2 Å². The van der Waals surface area contributed by atoms with Crippen LogP contribution in [0, 0.1) is 5.92 Å². The topological polar surface area (TPSA) is 143 Å². The Morgan fingerprint density at radius 1 is 1.06 bits per heavy atom. The van der Waals surface area contributed by atoms with Gasteiger partial charge in [-0.3, -0.25) is 9.59 Å². The number of unbranched alkanes of at least 4 members (excludes halogenated alkanes) is 1. The highest BCUT2D eigenvalue weighted by atomic mass is 32.2. The second kappa shape index (κ2) is 11.6. The monoisotopic (exact) mass is 475 g/mol. The van der Waals surface area contributed by atoms with E-state index in [4.69, 9.17) is 0 Å². The zero-order chi connectivity index (χ0) is 24.6. The Morgan fingerprint density at radius 2 is 1.73 bits per heavy atom. The number of aromatic carboxylic acids is 1. The number of aromatic nitrogens is 1. The number of hydrogen-bond donors (Lipinski definition) is 3. The molecule has 0 fully saturated rings. The number of amides is 2. The lowest BCUT2D eigenvalue weighted by Crippen LogP contribution is -2.31. The fourth-order valence-corrected chi connectivity index (χ4v) is 4.27. The van der Waals surface area contributed by atoms with Gasteiger partial charge in [0.15, 0.2) is 5.69 Å². The number of sulfonamides is 1. The molecule has 33 heavy (non-hydrogen) atoms. The normalized spacial score (nSPS) is 12.1. The number of benzene rings is 1. The van der Waals surface area contributed by atoms with Crippen LogP contribution in [-0.4, -0.2) is 42.8 Å². The van der Waals surface area contributed by atoms with Crippen LogP contribution < -0.4 is 10.0 Å². The summed E-state index contributed by atoms with van der Waals surface area (Å²) in [7, 11) is -4.21. The molecule has 0 radical (unpaired) electrons. The molecule has 2 amide bonds. The number of carbonyl (C=O) groups is 3. The summed E-state index contributed by atoms with van der Waals surface area (Å²) >= 11 is 0. The molecule has 0 bridgehead atoms. The Hall–Kier alpha value is -3.27. The van der Waals surface area contributed by atoms with Crippen molar-refractivity contribution in [2.75, 3.05) is 6.54 Å². The van der Waals surface area contributed by atoms with Crippen LogP contribution in [0.3, 0.4) is 0 Å². The SMILES string of the molecule is CCCCC(C)Cc1cc(C(=O)NS(=O)(=O)c2ccc(C(=O)NCC)cc2)cnc1C(=O)O. The van der Waals surface area contributed by atoms with Gasteiger partial charge in [0, 0.05) is 18.3 Å². The highest BCUT2D eigenvalue weighted by Gasteiger charge is 2.22. The lowest BCUT2D eigenvalue weighted by Gasteiger charge is -2.14. The molecule has 0 aliphatic heterocycles. The number of nitrogens with zero attached hydrogens (tertiary/aromatic N) is 1. The van der Waals surface area contributed by atoms with Crippen LogP contribution in [0.15, 0.2) is 41.4 Å². The molecule has 10 heteroatoms. The van der Waals surface area contributed by atoms with Crippen molar-refractivity contribution >= 4 is 27.8 Å².